The van der Waals surface area contributed by atoms with Crippen LogP contribution in [0.25, 0.3) is 0 Å². The number of halogens is 1. The molecule has 1 N–H and O–H groups in total. The van der Waals surface area contributed by atoms with Crippen molar-refractivity contribution in [3.8, 4) is 0 Å². The maximum absolute atomic E-state index is 10.7. The number of aliphatic carboxylic acids is 1. The van der Waals surface area contributed by atoms with E-state index in [0.29, 0.717) is 16.6 Å². The minimum atomic E-state index is -0.863. The summed E-state index contributed by atoms with van der Waals surface area (Å²) in [6.45, 7) is 4.05. The predicted molar refractivity (Wildman–Crippen MR) is 83.0 cm³/mol. The maximum atomic E-state index is 10.7. The molecule has 7 heteroatoms. The molecule has 21 heavy (non-hydrogen) atoms. The molecule has 1 aromatic carbocycles. The van der Waals surface area contributed by atoms with Gasteiger partial charge in [-0.3, -0.25) is 4.79 Å². The summed E-state index contributed by atoms with van der Waals surface area (Å²) in [7, 11) is 0. The molecular weight excluding hydrogens is 310 g/mol. The Hall–Kier alpha value is -1.53. The van der Waals surface area contributed by atoms with Crippen LogP contribution in [0.4, 0.5) is 0 Å². The van der Waals surface area contributed by atoms with Gasteiger partial charge in [-0.1, -0.05) is 35.5 Å². The van der Waals surface area contributed by atoms with E-state index in [4.69, 9.17) is 16.7 Å². The number of thioether (sulfide) groups is 1. The van der Waals surface area contributed by atoms with Gasteiger partial charge >= 0.3 is 5.97 Å². The van der Waals surface area contributed by atoms with Gasteiger partial charge in [-0.25, -0.2) is 0 Å². The fourth-order valence-electron chi connectivity index (χ4n) is 1.96. The Morgan fingerprint density at radius 1 is 1.33 bits per heavy atom. The van der Waals surface area contributed by atoms with Gasteiger partial charge in [-0.15, -0.1) is 10.2 Å². The number of carboxylic acids is 1. The van der Waals surface area contributed by atoms with E-state index in [2.05, 4.69) is 10.2 Å². The summed E-state index contributed by atoms with van der Waals surface area (Å²) in [5, 5.41) is 18.4. The molecule has 0 aliphatic rings. The molecule has 2 rings (SSSR count). The molecule has 0 aliphatic carbocycles. The summed E-state index contributed by atoms with van der Waals surface area (Å²) in [5.74, 6) is -0.0658. The smallest absolute Gasteiger partial charge is 0.313 e. The highest BCUT2D eigenvalue weighted by molar-refractivity contribution is 7.99. The first-order chi connectivity index (χ1) is 9.97. The van der Waals surface area contributed by atoms with Gasteiger partial charge in [-0.05, 0) is 31.5 Å². The molecule has 1 heterocycles. The second-order valence-electron chi connectivity index (χ2n) is 4.85. The molecule has 0 fully saturated rings. The third-order valence-electron chi connectivity index (χ3n) is 2.85. The Morgan fingerprint density at radius 3 is 2.57 bits per heavy atom. The lowest BCUT2D eigenvalue weighted by Gasteiger charge is -2.13. The lowest BCUT2D eigenvalue weighted by Crippen LogP contribution is -2.09. The zero-order valence-corrected chi connectivity index (χ0v) is 13.4. The predicted octanol–water partition coefficient (Wildman–Crippen LogP) is 3.28. The third kappa shape index (κ3) is 4.22. The van der Waals surface area contributed by atoms with Gasteiger partial charge in [0.1, 0.15) is 5.82 Å². The fraction of sp³-hybridized carbons (Fsp3) is 0.357. The van der Waals surface area contributed by atoms with Gasteiger partial charge in [0.2, 0.25) is 0 Å². The van der Waals surface area contributed by atoms with E-state index < -0.39 is 5.97 Å². The lowest BCUT2D eigenvalue weighted by molar-refractivity contribution is -0.133. The van der Waals surface area contributed by atoms with Crippen molar-refractivity contribution in [2.24, 2.45) is 0 Å². The van der Waals surface area contributed by atoms with Crippen molar-refractivity contribution in [3.63, 3.8) is 0 Å². The molecule has 0 saturated heterocycles. The third-order valence-corrected chi connectivity index (χ3v) is 4.03. The first kappa shape index (κ1) is 15.9. The fourth-order valence-corrected chi connectivity index (χ4v) is 2.89. The Bertz CT molecular complexity index is 626. The first-order valence-corrected chi connectivity index (χ1v) is 7.86. The van der Waals surface area contributed by atoms with Crippen LogP contribution >= 0.6 is 23.4 Å². The monoisotopic (exact) mass is 325 g/mol. The van der Waals surface area contributed by atoms with E-state index >= 15 is 0 Å². The van der Waals surface area contributed by atoms with Gasteiger partial charge < -0.3 is 9.67 Å². The number of nitrogens with zero attached hydrogens (tertiary/aromatic N) is 3. The van der Waals surface area contributed by atoms with E-state index in [1.807, 2.05) is 42.7 Å². The summed E-state index contributed by atoms with van der Waals surface area (Å²) >= 11 is 7.07. The van der Waals surface area contributed by atoms with Gasteiger partial charge in [0.05, 0.1) is 5.75 Å². The standard InChI is InChI=1S/C14H16ClN3O2S/c1-9(2)18-12(7-10-3-5-11(15)6-4-10)16-17-14(18)21-8-13(19)20/h3-6,9H,7-8H2,1-2H3,(H,19,20). The van der Waals surface area contributed by atoms with Crippen molar-refractivity contribution < 1.29 is 9.90 Å². The van der Waals surface area contributed by atoms with Crippen LogP contribution in [-0.2, 0) is 11.2 Å². The normalized spacial score (nSPS) is 11.0. The van der Waals surface area contributed by atoms with Gasteiger partial charge in [-0.2, -0.15) is 0 Å². The van der Waals surface area contributed by atoms with Gasteiger partial charge in [0, 0.05) is 17.5 Å². The Kier molecular flexibility index (Phi) is 5.25. The number of benzene rings is 1. The first-order valence-electron chi connectivity index (χ1n) is 6.50. The van der Waals surface area contributed by atoms with Crippen LogP contribution in [-0.4, -0.2) is 31.6 Å². The average molecular weight is 326 g/mol. The molecule has 0 bridgehead atoms. The number of carboxylic acid groups (broad SMARTS) is 1. The minimum absolute atomic E-state index is 0.0220. The molecule has 0 aliphatic heterocycles. The average Bonchev–Trinajstić information content (AvgIpc) is 2.82. The van der Waals surface area contributed by atoms with E-state index in [1.54, 1.807) is 0 Å². The highest BCUT2D eigenvalue weighted by Crippen LogP contribution is 2.23. The SMILES string of the molecule is CC(C)n1c(Cc2ccc(Cl)cc2)nnc1SCC(=O)O. The number of aromatic nitrogens is 3. The molecule has 2 aromatic rings. The van der Waals surface area contributed by atoms with Crippen molar-refractivity contribution in [1.82, 2.24) is 14.8 Å². The second kappa shape index (κ2) is 6.95. The highest BCUT2D eigenvalue weighted by atomic mass is 35.5. The Labute approximate surface area is 132 Å². The van der Waals surface area contributed by atoms with Crippen LogP contribution in [0.2, 0.25) is 5.02 Å². The maximum Gasteiger partial charge on any atom is 0.313 e. The molecule has 0 amide bonds. The zero-order valence-electron chi connectivity index (χ0n) is 11.8. The summed E-state index contributed by atoms with van der Waals surface area (Å²) < 4.78 is 1.97. The van der Waals surface area contributed by atoms with Gasteiger partial charge in [0.25, 0.3) is 0 Å². The zero-order chi connectivity index (χ0) is 15.4. The van der Waals surface area contributed by atoms with Gasteiger partial charge in [0.15, 0.2) is 5.16 Å². The van der Waals surface area contributed by atoms with E-state index in [9.17, 15) is 4.79 Å². The molecule has 0 atom stereocenters. The Morgan fingerprint density at radius 2 is 2.00 bits per heavy atom. The van der Waals surface area contributed by atoms with Crippen LogP contribution in [0.3, 0.4) is 0 Å². The van der Waals surface area contributed by atoms with Crippen molar-refractivity contribution in [3.05, 3.63) is 40.7 Å². The van der Waals surface area contributed by atoms with Crippen molar-refractivity contribution in [2.45, 2.75) is 31.5 Å². The van der Waals surface area contributed by atoms with E-state index in [0.717, 1.165) is 11.4 Å². The molecular formula is C14H16ClN3O2S. The van der Waals surface area contributed by atoms with Crippen LogP contribution < -0.4 is 0 Å². The highest BCUT2D eigenvalue weighted by Gasteiger charge is 2.16. The van der Waals surface area contributed by atoms with Crippen molar-refractivity contribution in [1.29, 1.82) is 0 Å². The second-order valence-corrected chi connectivity index (χ2v) is 6.23. The quantitative estimate of drug-likeness (QED) is 0.825. The van der Waals surface area contributed by atoms with Crippen molar-refractivity contribution >= 4 is 29.3 Å². The summed E-state index contributed by atoms with van der Waals surface area (Å²) in [5.41, 5.74) is 1.09. The molecule has 0 saturated carbocycles. The number of rotatable bonds is 6. The molecule has 1 aromatic heterocycles. The lowest BCUT2D eigenvalue weighted by atomic mass is 10.1. The molecule has 0 radical (unpaired) electrons. The van der Waals surface area contributed by atoms with Crippen molar-refractivity contribution in [2.75, 3.05) is 5.75 Å². The molecule has 0 unspecified atom stereocenters. The number of hydrogen-bond acceptors (Lipinski definition) is 4. The Balaban J connectivity index is 2.22. The number of carbonyl (C=O) groups is 1. The van der Waals surface area contributed by atoms with Crippen LogP contribution in [0.5, 0.6) is 0 Å². The molecule has 0 spiro atoms. The van der Waals surface area contributed by atoms with Crippen LogP contribution in [0, 0.1) is 0 Å². The van der Waals surface area contributed by atoms with E-state index in [-0.39, 0.29) is 11.8 Å². The van der Waals surface area contributed by atoms with E-state index in [1.165, 1.54) is 11.8 Å². The largest absolute Gasteiger partial charge is 0.481 e. The minimum Gasteiger partial charge on any atom is -0.481 e. The van der Waals surface area contributed by atoms with Crippen LogP contribution in [0.1, 0.15) is 31.3 Å². The summed E-state index contributed by atoms with van der Waals surface area (Å²) in [4.78, 5) is 10.7. The topological polar surface area (TPSA) is 68.0 Å². The molecule has 5 nitrogen and oxygen atoms in total. The summed E-state index contributed by atoms with van der Waals surface area (Å²) in [6, 6.07) is 7.75. The summed E-state index contributed by atoms with van der Waals surface area (Å²) in [6.07, 6.45) is 0.635. The molecule has 112 valence electrons. The van der Waals surface area contributed by atoms with Crippen LogP contribution in [0.15, 0.2) is 29.4 Å². The number of hydrogen-bond donors (Lipinski definition) is 1.